The summed E-state index contributed by atoms with van der Waals surface area (Å²) in [6.07, 6.45) is 0. The predicted octanol–water partition coefficient (Wildman–Crippen LogP) is 3.98. The standard InChI is InChI=1S/C13H17ClO/c1-10(2)12-4-6-13(7-5-12)15-9-11(3)8-14/h4-7,10H,3,8-9H2,1-2H3. The minimum atomic E-state index is 0.448. The highest BCUT2D eigenvalue weighted by Gasteiger charge is 1.99. The molecule has 0 heterocycles. The van der Waals surface area contributed by atoms with Crippen LogP contribution in [0.4, 0.5) is 0 Å². The highest BCUT2D eigenvalue weighted by atomic mass is 35.5. The average Bonchev–Trinajstić information content (AvgIpc) is 2.26. The van der Waals surface area contributed by atoms with Gasteiger partial charge < -0.3 is 4.74 Å². The molecule has 0 unspecified atom stereocenters. The third-order valence-corrected chi connectivity index (χ3v) is 2.56. The molecule has 0 radical (unpaired) electrons. The van der Waals surface area contributed by atoms with Gasteiger partial charge in [0.15, 0.2) is 0 Å². The third kappa shape index (κ3) is 3.96. The molecule has 15 heavy (non-hydrogen) atoms. The van der Waals surface area contributed by atoms with Gasteiger partial charge in [-0.25, -0.2) is 0 Å². The van der Waals surface area contributed by atoms with E-state index in [-0.39, 0.29) is 0 Å². The second-order valence-corrected chi connectivity index (χ2v) is 4.16. The number of rotatable bonds is 5. The molecule has 0 aliphatic carbocycles. The summed E-state index contributed by atoms with van der Waals surface area (Å²) < 4.78 is 5.51. The molecule has 1 aromatic rings. The molecule has 2 heteroatoms. The Hall–Kier alpha value is -0.950. The minimum Gasteiger partial charge on any atom is -0.489 e. The Bertz CT molecular complexity index is 314. The van der Waals surface area contributed by atoms with Crippen LogP contribution in [0.15, 0.2) is 36.4 Å². The van der Waals surface area contributed by atoms with E-state index in [1.54, 1.807) is 0 Å². The number of hydrogen-bond acceptors (Lipinski definition) is 1. The van der Waals surface area contributed by atoms with E-state index in [0.717, 1.165) is 11.3 Å². The second-order valence-electron chi connectivity index (χ2n) is 3.90. The molecule has 0 N–H and O–H groups in total. The van der Waals surface area contributed by atoms with Gasteiger partial charge >= 0.3 is 0 Å². The summed E-state index contributed by atoms with van der Waals surface area (Å²) >= 11 is 5.61. The van der Waals surface area contributed by atoms with E-state index < -0.39 is 0 Å². The van der Waals surface area contributed by atoms with Crippen LogP contribution in [0.1, 0.15) is 25.3 Å². The molecule has 0 saturated heterocycles. The summed E-state index contributed by atoms with van der Waals surface area (Å²) in [7, 11) is 0. The fourth-order valence-corrected chi connectivity index (χ4v) is 1.25. The molecule has 0 spiro atoms. The molecule has 0 bridgehead atoms. The van der Waals surface area contributed by atoms with Gasteiger partial charge in [0.1, 0.15) is 12.4 Å². The lowest BCUT2D eigenvalue weighted by Crippen LogP contribution is -2.01. The van der Waals surface area contributed by atoms with Gasteiger partial charge in [-0.3, -0.25) is 0 Å². The first-order valence-electron chi connectivity index (χ1n) is 5.09. The van der Waals surface area contributed by atoms with Gasteiger partial charge in [-0.2, -0.15) is 0 Å². The van der Waals surface area contributed by atoms with E-state index in [0.29, 0.717) is 18.4 Å². The highest BCUT2D eigenvalue weighted by Crippen LogP contribution is 2.18. The van der Waals surface area contributed by atoms with E-state index >= 15 is 0 Å². The highest BCUT2D eigenvalue weighted by molar-refractivity contribution is 6.19. The van der Waals surface area contributed by atoms with Crippen molar-refractivity contribution in [3.63, 3.8) is 0 Å². The van der Waals surface area contributed by atoms with Crippen LogP contribution in [0.2, 0.25) is 0 Å². The quantitative estimate of drug-likeness (QED) is 0.543. The zero-order valence-corrected chi connectivity index (χ0v) is 10.1. The Labute approximate surface area is 96.7 Å². The fourth-order valence-electron chi connectivity index (χ4n) is 1.17. The molecule has 0 saturated carbocycles. The summed E-state index contributed by atoms with van der Waals surface area (Å²) in [4.78, 5) is 0. The molecular formula is C13H17ClO. The van der Waals surface area contributed by atoms with Crippen molar-refractivity contribution < 1.29 is 4.74 Å². The van der Waals surface area contributed by atoms with Crippen LogP contribution in [0.5, 0.6) is 5.75 Å². The SMILES string of the molecule is C=C(CCl)COc1ccc(C(C)C)cc1. The maximum absolute atomic E-state index is 5.61. The number of ether oxygens (including phenoxy) is 1. The van der Waals surface area contributed by atoms with E-state index in [2.05, 4.69) is 32.6 Å². The summed E-state index contributed by atoms with van der Waals surface area (Å²) in [5.74, 6) is 1.87. The lowest BCUT2D eigenvalue weighted by Gasteiger charge is -2.09. The molecule has 0 aromatic heterocycles. The summed E-state index contributed by atoms with van der Waals surface area (Å²) in [5.41, 5.74) is 2.21. The molecule has 1 aromatic carbocycles. The molecule has 82 valence electrons. The number of benzene rings is 1. The first kappa shape index (κ1) is 12.1. The van der Waals surface area contributed by atoms with Crippen molar-refractivity contribution in [1.29, 1.82) is 0 Å². The summed E-state index contributed by atoms with van der Waals surface area (Å²) in [6.45, 7) is 8.61. The Balaban J connectivity index is 2.53. The minimum absolute atomic E-state index is 0.448. The van der Waals surface area contributed by atoms with Crippen LogP contribution in [0.3, 0.4) is 0 Å². The summed E-state index contributed by atoms with van der Waals surface area (Å²) in [5, 5.41) is 0. The molecule has 1 rings (SSSR count). The van der Waals surface area contributed by atoms with Crippen molar-refractivity contribution in [3.8, 4) is 5.75 Å². The van der Waals surface area contributed by atoms with Crippen LogP contribution >= 0.6 is 11.6 Å². The van der Waals surface area contributed by atoms with Gasteiger partial charge in [0.25, 0.3) is 0 Å². The molecule has 0 fully saturated rings. The zero-order valence-electron chi connectivity index (χ0n) is 9.29. The monoisotopic (exact) mass is 224 g/mol. The third-order valence-electron chi connectivity index (χ3n) is 2.18. The van der Waals surface area contributed by atoms with Gasteiger partial charge in [-0.15, -0.1) is 11.6 Å². The van der Waals surface area contributed by atoms with E-state index in [4.69, 9.17) is 16.3 Å². The van der Waals surface area contributed by atoms with Crippen molar-refractivity contribution in [2.24, 2.45) is 0 Å². The number of hydrogen-bond donors (Lipinski definition) is 0. The maximum atomic E-state index is 5.61. The Morgan fingerprint density at radius 2 is 1.93 bits per heavy atom. The Kier molecular flexibility index (Phi) is 4.70. The van der Waals surface area contributed by atoms with Gasteiger partial charge in [0.2, 0.25) is 0 Å². The first-order valence-corrected chi connectivity index (χ1v) is 5.62. The Morgan fingerprint density at radius 3 is 2.40 bits per heavy atom. The lowest BCUT2D eigenvalue weighted by atomic mass is 10.0. The van der Waals surface area contributed by atoms with Crippen LogP contribution in [-0.4, -0.2) is 12.5 Å². The van der Waals surface area contributed by atoms with Crippen molar-refractivity contribution in [3.05, 3.63) is 42.0 Å². The van der Waals surface area contributed by atoms with Gasteiger partial charge in [0.05, 0.1) is 0 Å². The molecule has 0 amide bonds. The summed E-state index contributed by atoms with van der Waals surface area (Å²) in [6, 6.07) is 8.14. The molecule has 0 aliphatic heterocycles. The smallest absolute Gasteiger partial charge is 0.119 e. The van der Waals surface area contributed by atoms with Gasteiger partial charge in [-0.1, -0.05) is 32.6 Å². The van der Waals surface area contributed by atoms with Crippen LogP contribution in [0, 0.1) is 0 Å². The fraction of sp³-hybridized carbons (Fsp3) is 0.385. The van der Waals surface area contributed by atoms with Crippen molar-refractivity contribution in [1.82, 2.24) is 0 Å². The van der Waals surface area contributed by atoms with Crippen LogP contribution in [0.25, 0.3) is 0 Å². The molecule has 0 aliphatic rings. The second kappa shape index (κ2) is 5.82. The van der Waals surface area contributed by atoms with E-state index in [1.165, 1.54) is 5.56 Å². The van der Waals surface area contributed by atoms with Crippen molar-refractivity contribution in [2.75, 3.05) is 12.5 Å². The normalized spacial score (nSPS) is 10.4. The number of alkyl halides is 1. The lowest BCUT2D eigenvalue weighted by molar-refractivity contribution is 0.353. The largest absolute Gasteiger partial charge is 0.489 e. The number of halogens is 1. The zero-order chi connectivity index (χ0) is 11.3. The first-order chi connectivity index (χ1) is 7.13. The average molecular weight is 225 g/mol. The molecule has 0 atom stereocenters. The van der Waals surface area contributed by atoms with Crippen molar-refractivity contribution in [2.45, 2.75) is 19.8 Å². The van der Waals surface area contributed by atoms with Gasteiger partial charge in [-0.05, 0) is 29.2 Å². The van der Waals surface area contributed by atoms with Crippen LogP contribution in [-0.2, 0) is 0 Å². The van der Waals surface area contributed by atoms with E-state index in [9.17, 15) is 0 Å². The topological polar surface area (TPSA) is 9.23 Å². The van der Waals surface area contributed by atoms with E-state index in [1.807, 2.05) is 12.1 Å². The molecular weight excluding hydrogens is 208 g/mol. The van der Waals surface area contributed by atoms with Crippen LogP contribution < -0.4 is 4.74 Å². The van der Waals surface area contributed by atoms with Gasteiger partial charge in [0, 0.05) is 5.88 Å². The van der Waals surface area contributed by atoms with Crippen molar-refractivity contribution >= 4 is 11.6 Å². The predicted molar refractivity (Wildman–Crippen MR) is 65.9 cm³/mol. The maximum Gasteiger partial charge on any atom is 0.119 e. The Morgan fingerprint density at radius 1 is 1.33 bits per heavy atom. The molecule has 1 nitrogen and oxygen atoms in total.